The van der Waals surface area contributed by atoms with Crippen molar-refractivity contribution in [2.75, 3.05) is 38.1 Å². The predicted octanol–water partition coefficient (Wildman–Crippen LogP) is 2.17. The van der Waals surface area contributed by atoms with Gasteiger partial charge in [0.25, 0.3) is 0 Å². The van der Waals surface area contributed by atoms with Crippen molar-refractivity contribution < 1.29 is 29.0 Å². The normalized spacial score (nSPS) is 14.7. The molecule has 3 amide bonds. The first-order chi connectivity index (χ1) is 14.9. The lowest BCUT2D eigenvalue weighted by molar-refractivity contribution is -0.153. The van der Waals surface area contributed by atoms with Gasteiger partial charge in [-0.05, 0) is 29.8 Å². The summed E-state index contributed by atoms with van der Waals surface area (Å²) in [4.78, 5) is 51.5. The molecule has 0 spiro atoms. The monoisotopic (exact) mass is 427 g/mol. The zero-order valence-electron chi connectivity index (χ0n) is 17.2. The van der Waals surface area contributed by atoms with E-state index in [1.165, 1.54) is 9.80 Å². The highest BCUT2D eigenvalue weighted by molar-refractivity contribution is 6.03. The third-order valence-electron chi connectivity index (χ3n) is 5.14. The number of carboxylic acid groups (broad SMARTS) is 1. The minimum absolute atomic E-state index is 0.188. The second-order valence-corrected chi connectivity index (χ2v) is 7.22. The van der Waals surface area contributed by atoms with Crippen LogP contribution in [0.3, 0.4) is 0 Å². The number of carboxylic acids is 1. The van der Waals surface area contributed by atoms with Gasteiger partial charge in [-0.1, -0.05) is 30.3 Å². The number of ether oxygens (including phenoxy) is 1. The van der Waals surface area contributed by atoms with Gasteiger partial charge in [-0.15, -0.1) is 0 Å². The molecule has 1 fully saturated rings. The fourth-order valence-corrected chi connectivity index (χ4v) is 3.49. The van der Waals surface area contributed by atoms with Crippen LogP contribution in [-0.4, -0.2) is 71.6 Å². The molecule has 2 N–H and O–H groups in total. The fraction of sp³-hybridized carbons (Fsp3) is 0.364. The average Bonchev–Trinajstić information content (AvgIpc) is 2.77. The molecule has 1 aliphatic heterocycles. The molecular weight excluding hydrogens is 402 g/mol. The topological polar surface area (TPSA) is 116 Å². The quantitative estimate of drug-likeness (QED) is 0.683. The summed E-state index contributed by atoms with van der Waals surface area (Å²) in [6.07, 6.45) is -0.932. The summed E-state index contributed by atoms with van der Waals surface area (Å²) in [5.74, 6) is -4.04. The number of rotatable bonds is 6. The molecule has 164 valence electrons. The Balaban J connectivity index is 1.59. The van der Waals surface area contributed by atoms with Gasteiger partial charge in [-0.2, -0.15) is 0 Å². The first-order valence-electron chi connectivity index (χ1n) is 10.1. The standard InChI is InChI=1S/C22H25N3O6/c1-2-31-22(30)25-11-9-24(10-12-25)20(27)18(21(28)29)14-19(26)23-17-8-7-15-5-3-4-6-16(15)13-17/h3-8,13,18H,2,9-12,14H2,1H3,(H,23,26)(H,28,29). The molecule has 1 atom stereocenters. The summed E-state index contributed by atoms with van der Waals surface area (Å²) >= 11 is 0. The molecule has 1 saturated heterocycles. The first kappa shape index (κ1) is 22.1. The number of nitrogens with zero attached hydrogens (tertiary/aromatic N) is 2. The van der Waals surface area contributed by atoms with E-state index in [0.717, 1.165) is 10.8 Å². The van der Waals surface area contributed by atoms with E-state index in [-0.39, 0.29) is 32.8 Å². The number of carbonyl (C=O) groups excluding carboxylic acids is 3. The number of hydrogen-bond acceptors (Lipinski definition) is 5. The number of piperazine rings is 1. The number of anilines is 1. The molecule has 9 nitrogen and oxygen atoms in total. The van der Waals surface area contributed by atoms with Gasteiger partial charge in [0.05, 0.1) is 6.61 Å². The van der Waals surface area contributed by atoms with Crippen molar-refractivity contribution in [2.24, 2.45) is 5.92 Å². The van der Waals surface area contributed by atoms with Crippen molar-refractivity contribution in [1.29, 1.82) is 0 Å². The smallest absolute Gasteiger partial charge is 0.409 e. The summed E-state index contributed by atoms with van der Waals surface area (Å²) in [5, 5.41) is 14.2. The van der Waals surface area contributed by atoms with E-state index in [2.05, 4.69) is 5.32 Å². The predicted molar refractivity (Wildman–Crippen MR) is 113 cm³/mol. The lowest BCUT2D eigenvalue weighted by Gasteiger charge is -2.35. The maximum Gasteiger partial charge on any atom is 0.409 e. The van der Waals surface area contributed by atoms with Crippen LogP contribution in [0.4, 0.5) is 10.5 Å². The third-order valence-corrected chi connectivity index (χ3v) is 5.14. The highest BCUT2D eigenvalue weighted by Crippen LogP contribution is 2.20. The van der Waals surface area contributed by atoms with E-state index < -0.39 is 36.2 Å². The maximum absolute atomic E-state index is 12.7. The SMILES string of the molecule is CCOC(=O)N1CCN(C(=O)C(CC(=O)Nc2ccc3ccccc3c2)C(=O)O)CC1. The molecule has 3 rings (SSSR count). The lowest BCUT2D eigenvalue weighted by Crippen LogP contribution is -2.53. The molecule has 1 heterocycles. The molecule has 2 aromatic rings. The molecule has 2 aromatic carbocycles. The lowest BCUT2D eigenvalue weighted by atomic mass is 10.0. The summed E-state index contributed by atoms with van der Waals surface area (Å²) < 4.78 is 4.94. The van der Waals surface area contributed by atoms with E-state index in [1.54, 1.807) is 19.1 Å². The van der Waals surface area contributed by atoms with Crippen LogP contribution in [0.15, 0.2) is 42.5 Å². The average molecular weight is 427 g/mol. The number of carbonyl (C=O) groups is 4. The van der Waals surface area contributed by atoms with Crippen LogP contribution in [0.25, 0.3) is 10.8 Å². The Kier molecular flexibility index (Phi) is 7.07. The van der Waals surface area contributed by atoms with Crippen LogP contribution < -0.4 is 5.32 Å². The second-order valence-electron chi connectivity index (χ2n) is 7.22. The molecule has 0 aliphatic carbocycles. The largest absolute Gasteiger partial charge is 0.481 e. The van der Waals surface area contributed by atoms with E-state index in [1.807, 2.05) is 30.3 Å². The third kappa shape index (κ3) is 5.50. The molecule has 31 heavy (non-hydrogen) atoms. The summed E-state index contributed by atoms with van der Waals surface area (Å²) in [6.45, 7) is 2.84. The Morgan fingerprint density at radius 3 is 2.29 bits per heavy atom. The number of nitrogens with one attached hydrogen (secondary N) is 1. The summed E-state index contributed by atoms with van der Waals surface area (Å²) in [6, 6.07) is 13.0. The number of fused-ring (bicyclic) bond motifs is 1. The highest BCUT2D eigenvalue weighted by Gasteiger charge is 2.35. The minimum atomic E-state index is -1.49. The van der Waals surface area contributed by atoms with Crippen LogP contribution in [-0.2, 0) is 19.1 Å². The fourth-order valence-electron chi connectivity index (χ4n) is 3.49. The van der Waals surface area contributed by atoms with E-state index >= 15 is 0 Å². The molecule has 0 radical (unpaired) electrons. The Morgan fingerprint density at radius 2 is 1.65 bits per heavy atom. The Hall–Kier alpha value is -3.62. The second kappa shape index (κ2) is 9.92. The Bertz CT molecular complexity index is 984. The molecule has 0 saturated carbocycles. The zero-order valence-corrected chi connectivity index (χ0v) is 17.2. The highest BCUT2D eigenvalue weighted by atomic mass is 16.6. The first-order valence-corrected chi connectivity index (χ1v) is 10.1. The molecule has 0 aromatic heterocycles. The van der Waals surface area contributed by atoms with Gasteiger partial charge in [0.15, 0.2) is 0 Å². The van der Waals surface area contributed by atoms with Gasteiger partial charge < -0.3 is 25.0 Å². The van der Waals surface area contributed by atoms with Crippen LogP contribution in [0.1, 0.15) is 13.3 Å². The van der Waals surface area contributed by atoms with E-state index in [9.17, 15) is 24.3 Å². The van der Waals surface area contributed by atoms with Crippen molar-refractivity contribution >= 4 is 40.3 Å². The van der Waals surface area contributed by atoms with Gasteiger partial charge in [0.2, 0.25) is 11.8 Å². The molecule has 0 bridgehead atoms. The van der Waals surface area contributed by atoms with Gasteiger partial charge in [0, 0.05) is 38.3 Å². The zero-order chi connectivity index (χ0) is 22.4. The van der Waals surface area contributed by atoms with Crippen molar-refractivity contribution in [3.8, 4) is 0 Å². The van der Waals surface area contributed by atoms with E-state index in [0.29, 0.717) is 5.69 Å². The maximum atomic E-state index is 12.7. The van der Waals surface area contributed by atoms with Gasteiger partial charge in [-0.3, -0.25) is 14.4 Å². The number of benzene rings is 2. The molecule has 1 aliphatic rings. The van der Waals surface area contributed by atoms with Crippen LogP contribution >= 0.6 is 0 Å². The van der Waals surface area contributed by atoms with Crippen molar-refractivity contribution in [3.05, 3.63) is 42.5 Å². The van der Waals surface area contributed by atoms with Crippen LogP contribution in [0, 0.1) is 5.92 Å². The molecule has 1 unspecified atom stereocenters. The van der Waals surface area contributed by atoms with Gasteiger partial charge >= 0.3 is 12.1 Å². The van der Waals surface area contributed by atoms with Crippen molar-refractivity contribution in [3.63, 3.8) is 0 Å². The molecule has 9 heteroatoms. The van der Waals surface area contributed by atoms with Gasteiger partial charge in [-0.25, -0.2) is 4.79 Å². The van der Waals surface area contributed by atoms with Crippen molar-refractivity contribution in [2.45, 2.75) is 13.3 Å². The van der Waals surface area contributed by atoms with Crippen molar-refractivity contribution in [1.82, 2.24) is 9.80 Å². The summed E-state index contributed by atoms with van der Waals surface area (Å²) in [7, 11) is 0. The Labute approximate surface area is 179 Å². The number of aliphatic carboxylic acids is 1. The number of amides is 3. The van der Waals surface area contributed by atoms with Crippen LogP contribution in [0.5, 0.6) is 0 Å². The Morgan fingerprint density at radius 1 is 1.00 bits per heavy atom. The summed E-state index contributed by atoms with van der Waals surface area (Å²) in [5.41, 5.74) is 0.531. The number of hydrogen-bond donors (Lipinski definition) is 2. The minimum Gasteiger partial charge on any atom is -0.481 e. The van der Waals surface area contributed by atoms with E-state index in [4.69, 9.17) is 4.74 Å². The van der Waals surface area contributed by atoms with Crippen LogP contribution in [0.2, 0.25) is 0 Å². The molecular formula is C22H25N3O6. The van der Waals surface area contributed by atoms with Gasteiger partial charge in [0.1, 0.15) is 5.92 Å².